The van der Waals surface area contributed by atoms with Crippen molar-refractivity contribution in [3.05, 3.63) is 27.6 Å². The fraction of sp³-hybridized carbons (Fsp3) is 0.571. The Bertz CT molecular complexity index is 894. The van der Waals surface area contributed by atoms with E-state index in [0.29, 0.717) is 46.2 Å². The Morgan fingerprint density at radius 1 is 1.28 bits per heavy atom. The Kier molecular flexibility index (Phi) is 5.66. The first-order chi connectivity index (χ1) is 11.8. The molecule has 1 fully saturated rings. The lowest BCUT2D eigenvalue weighted by Crippen LogP contribution is -2.48. The zero-order valence-electron chi connectivity index (χ0n) is 14.0. The Balaban J connectivity index is 1.63. The van der Waals surface area contributed by atoms with Gasteiger partial charge in [-0.25, -0.2) is 13.1 Å². The zero-order chi connectivity index (χ0) is 18.2. The lowest BCUT2D eigenvalue weighted by atomic mass is 10.4. The third-order valence-electron chi connectivity index (χ3n) is 4.12. The van der Waals surface area contributed by atoms with Gasteiger partial charge in [0.1, 0.15) is 10.5 Å². The minimum Gasteiger partial charge on any atom is -0.304 e. The second-order valence-electron chi connectivity index (χ2n) is 6.14. The number of thiophene rings is 1. The highest BCUT2D eigenvalue weighted by molar-refractivity contribution is 7.91. The van der Waals surface area contributed by atoms with Gasteiger partial charge in [-0.15, -0.1) is 11.3 Å². The highest BCUT2D eigenvalue weighted by Gasteiger charge is 2.29. The van der Waals surface area contributed by atoms with Crippen LogP contribution >= 0.6 is 35.2 Å². The quantitative estimate of drug-likeness (QED) is 0.694. The van der Waals surface area contributed by atoms with Gasteiger partial charge >= 0.3 is 0 Å². The highest BCUT2D eigenvalue weighted by Crippen LogP contribution is 2.28. The van der Waals surface area contributed by atoms with Gasteiger partial charge in [-0.3, -0.25) is 4.90 Å². The molecule has 2 aromatic rings. The normalized spacial score (nSPS) is 17.4. The molecule has 0 N–H and O–H groups in total. The maximum absolute atomic E-state index is 12.6. The molecule has 0 aromatic carbocycles. The number of halogens is 1. The molecule has 0 radical (unpaired) electrons. The van der Waals surface area contributed by atoms with Crippen molar-refractivity contribution < 1.29 is 8.42 Å². The second-order valence-corrected chi connectivity index (χ2v) is 10.4. The number of hydrogen-bond donors (Lipinski definition) is 0. The number of nitrogens with zero attached hydrogens (tertiary/aromatic N) is 5. The molecule has 7 nitrogen and oxygen atoms in total. The van der Waals surface area contributed by atoms with Crippen LogP contribution in [0.2, 0.25) is 4.34 Å². The van der Waals surface area contributed by atoms with E-state index in [1.54, 1.807) is 23.1 Å². The third kappa shape index (κ3) is 3.99. The van der Waals surface area contributed by atoms with E-state index in [9.17, 15) is 8.42 Å². The molecule has 0 unspecified atom stereocenters. The molecular weight excluding hydrogens is 402 g/mol. The summed E-state index contributed by atoms with van der Waals surface area (Å²) in [6.07, 6.45) is 1.74. The predicted molar refractivity (Wildman–Crippen MR) is 101 cm³/mol. The lowest BCUT2D eigenvalue weighted by Gasteiger charge is -2.33. The molecule has 0 spiro atoms. The van der Waals surface area contributed by atoms with Crippen LogP contribution in [0.5, 0.6) is 0 Å². The van der Waals surface area contributed by atoms with Crippen molar-refractivity contribution in [3.63, 3.8) is 0 Å². The van der Waals surface area contributed by atoms with Gasteiger partial charge in [0, 0.05) is 32.2 Å². The first-order valence-electron chi connectivity index (χ1n) is 7.91. The fourth-order valence-electron chi connectivity index (χ4n) is 2.67. The number of hydrogen-bond acceptors (Lipinski definition) is 6. The van der Waals surface area contributed by atoms with Crippen LogP contribution in [0.3, 0.4) is 0 Å². The number of sulfonamides is 1. The van der Waals surface area contributed by atoms with Gasteiger partial charge in [0.2, 0.25) is 0 Å². The minimum absolute atomic E-state index is 0.265. The smallest absolute Gasteiger partial charge is 0.252 e. The van der Waals surface area contributed by atoms with Crippen LogP contribution in [0.1, 0.15) is 19.9 Å². The van der Waals surface area contributed by atoms with Crippen molar-refractivity contribution in [2.75, 3.05) is 26.2 Å². The van der Waals surface area contributed by atoms with Crippen molar-refractivity contribution in [2.24, 2.45) is 0 Å². The lowest BCUT2D eigenvalue weighted by molar-refractivity contribution is 0.144. The number of piperazine rings is 1. The Morgan fingerprint density at radius 3 is 2.48 bits per heavy atom. The molecule has 1 saturated heterocycles. The first-order valence-corrected chi connectivity index (χ1v) is 10.9. The summed E-state index contributed by atoms with van der Waals surface area (Å²) >= 11 is 12.4. The standard InChI is InChI=1S/C14H20ClN5O2S3/c1-11(2)19-9-16-20(14(19)23)10-17-5-7-18(8-6-17)25(21,22)13-4-3-12(15)24-13/h3-4,9,11H,5-8,10H2,1-2H3. The summed E-state index contributed by atoms with van der Waals surface area (Å²) in [5, 5.41) is 4.34. The molecule has 0 amide bonds. The van der Waals surface area contributed by atoms with E-state index in [1.165, 1.54) is 4.31 Å². The van der Waals surface area contributed by atoms with Gasteiger partial charge in [0.25, 0.3) is 10.0 Å². The van der Waals surface area contributed by atoms with Crippen molar-refractivity contribution in [2.45, 2.75) is 30.8 Å². The van der Waals surface area contributed by atoms with Gasteiger partial charge in [-0.05, 0) is 38.2 Å². The molecule has 3 rings (SSSR count). The zero-order valence-corrected chi connectivity index (χ0v) is 17.2. The average molecular weight is 422 g/mol. The van der Waals surface area contributed by atoms with Gasteiger partial charge in [0.05, 0.1) is 11.0 Å². The van der Waals surface area contributed by atoms with Crippen molar-refractivity contribution in [3.8, 4) is 0 Å². The van der Waals surface area contributed by atoms with Gasteiger partial charge in [0.15, 0.2) is 4.77 Å². The summed E-state index contributed by atoms with van der Waals surface area (Å²) < 4.78 is 31.9. The van der Waals surface area contributed by atoms with E-state index in [0.717, 1.165) is 11.3 Å². The Hall–Kier alpha value is -0.780. The largest absolute Gasteiger partial charge is 0.304 e. The molecule has 1 aliphatic rings. The molecule has 11 heteroatoms. The Labute approximate surface area is 161 Å². The molecule has 0 bridgehead atoms. The fourth-order valence-corrected chi connectivity index (χ4v) is 6.09. The predicted octanol–water partition coefficient (Wildman–Crippen LogP) is 2.67. The summed E-state index contributed by atoms with van der Waals surface area (Å²) in [4.78, 5) is 2.15. The van der Waals surface area contributed by atoms with Crippen molar-refractivity contribution in [1.82, 2.24) is 23.6 Å². The van der Waals surface area contributed by atoms with Gasteiger partial charge in [-0.1, -0.05) is 11.6 Å². The maximum Gasteiger partial charge on any atom is 0.252 e. The molecule has 25 heavy (non-hydrogen) atoms. The van der Waals surface area contributed by atoms with E-state index in [4.69, 9.17) is 23.8 Å². The first kappa shape index (κ1) is 19.0. The minimum atomic E-state index is -3.46. The van der Waals surface area contributed by atoms with Crippen LogP contribution in [0, 0.1) is 4.77 Å². The SMILES string of the molecule is CC(C)n1cnn(CN2CCN(S(=O)(=O)c3ccc(Cl)s3)CC2)c1=S. The maximum atomic E-state index is 12.6. The van der Waals surface area contributed by atoms with Crippen LogP contribution in [-0.4, -0.2) is 58.1 Å². The molecule has 0 aliphatic carbocycles. The van der Waals surface area contributed by atoms with E-state index < -0.39 is 10.0 Å². The van der Waals surface area contributed by atoms with Crippen LogP contribution in [-0.2, 0) is 16.7 Å². The second kappa shape index (κ2) is 7.45. The summed E-state index contributed by atoms with van der Waals surface area (Å²) in [6, 6.07) is 3.44. The molecule has 3 heterocycles. The summed E-state index contributed by atoms with van der Waals surface area (Å²) in [5.74, 6) is 0. The van der Waals surface area contributed by atoms with Crippen LogP contribution in [0.25, 0.3) is 0 Å². The van der Waals surface area contributed by atoms with Gasteiger partial charge < -0.3 is 4.57 Å². The molecule has 0 atom stereocenters. The monoisotopic (exact) mass is 421 g/mol. The van der Waals surface area contributed by atoms with Crippen LogP contribution < -0.4 is 0 Å². The topological polar surface area (TPSA) is 63.4 Å². The van der Waals surface area contributed by atoms with E-state index in [1.807, 2.05) is 4.57 Å². The summed E-state index contributed by atoms with van der Waals surface area (Å²) in [6.45, 7) is 6.83. The van der Waals surface area contributed by atoms with Crippen LogP contribution in [0.15, 0.2) is 22.7 Å². The van der Waals surface area contributed by atoms with Crippen LogP contribution in [0.4, 0.5) is 0 Å². The summed E-state index contributed by atoms with van der Waals surface area (Å²) in [5.41, 5.74) is 0. The average Bonchev–Trinajstić information content (AvgIpc) is 3.15. The van der Waals surface area contributed by atoms with Gasteiger partial charge in [-0.2, -0.15) is 9.40 Å². The third-order valence-corrected chi connectivity index (χ3v) is 8.14. The number of rotatable bonds is 5. The van der Waals surface area contributed by atoms with Crippen molar-refractivity contribution >= 4 is 45.2 Å². The summed E-state index contributed by atoms with van der Waals surface area (Å²) in [7, 11) is -3.46. The van der Waals surface area contributed by atoms with Crippen molar-refractivity contribution in [1.29, 1.82) is 0 Å². The van der Waals surface area contributed by atoms with E-state index >= 15 is 0 Å². The molecule has 0 saturated carbocycles. The highest BCUT2D eigenvalue weighted by atomic mass is 35.5. The van der Waals surface area contributed by atoms with E-state index in [-0.39, 0.29) is 6.04 Å². The molecule has 138 valence electrons. The van der Waals surface area contributed by atoms with E-state index in [2.05, 4.69) is 23.8 Å². The Morgan fingerprint density at radius 2 is 1.96 bits per heavy atom. The molecular formula is C14H20ClN5O2S3. The molecule has 2 aromatic heterocycles. The molecule has 1 aliphatic heterocycles. The number of aromatic nitrogens is 3.